The first-order chi connectivity index (χ1) is 14.8. The van der Waals surface area contributed by atoms with Gasteiger partial charge in [0.05, 0.1) is 11.4 Å². The van der Waals surface area contributed by atoms with E-state index in [9.17, 15) is 4.79 Å². The highest BCUT2D eigenvalue weighted by Crippen LogP contribution is 2.24. The van der Waals surface area contributed by atoms with E-state index in [1.807, 2.05) is 54.7 Å². The second-order valence-electron chi connectivity index (χ2n) is 7.70. The summed E-state index contributed by atoms with van der Waals surface area (Å²) in [6.45, 7) is 0. The van der Waals surface area contributed by atoms with E-state index in [-0.39, 0.29) is 5.56 Å². The first-order valence-corrected chi connectivity index (χ1v) is 10.3. The first-order valence-electron chi connectivity index (χ1n) is 10.3. The molecule has 4 nitrogen and oxygen atoms in total. The molecule has 148 valence electrons. The lowest BCUT2D eigenvalue weighted by atomic mass is 10.0. The molecule has 0 bridgehead atoms. The second kappa shape index (κ2) is 7.99. The summed E-state index contributed by atoms with van der Waals surface area (Å²) in [5, 5.41) is 0. The molecule has 5 rings (SSSR count). The van der Waals surface area contributed by atoms with Crippen molar-refractivity contribution in [2.75, 3.05) is 0 Å². The molecule has 2 aromatic carbocycles. The molecule has 30 heavy (non-hydrogen) atoms. The average Bonchev–Trinajstić information content (AvgIpc) is 3.11. The van der Waals surface area contributed by atoms with Gasteiger partial charge in [-0.2, -0.15) is 0 Å². The number of imidazole rings is 1. The van der Waals surface area contributed by atoms with Crippen LogP contribution in [-0.2, 0) is 12.8 Å². The van der Waals surface area contributed by atoms with Crippen molar-refractivity contribution in [3.63, 3.8) is 0 Å². The Morgan fingerprint density at radius 3 is 2.47 bits per heavy atom. The van der Waals surface area contributed by atoms with Crippen LogP contribution in [0.15, 0.2) is 95.5 Å². The maximum Gasteiger partial charge on any atom is 0.278 e. The molecule has 2 aromatic rings. The first kappa shape index (κ1) is 18.4. The predicted molar refractivity (Wildman–Crippen MR) is 120 cm³/mol. The third-order valence-electron chi connectivity index (χ3n) is 5.55. The number of nitrogens with zero attached hydrogens (tertiary/aromatic N) is 2. The number of H-pyrrole nitrogens is 1. The monoisotopic (exact) mass is 393 g/mol. The molecular formula is C26H23N3O. The Labute approximate surface area is 175 Å². The molecule has 0 atom stereocenters. The third kappa shape index (κ3) is 3.64. The fraction of sp³-hybridized carbons (Fsp3) is 0.154. The Morgan fingerprint density at radius 2 is 1.73 bits per heavy atom. The Hall–Kier alpha value is -3.66. The van der Waals surface area contributed by atoms with E-state index in [0.29, 0.717) is 24.4 Å². The van der Waals surface area contributed by atoms with Crippen LogP contribution in [0.2, 0.25) is 0 Å². The molecule has 1 N–H and O–H groups in total. The van der Waals surface area contributed by atoms with Crippen LogP contribution in [0.1, 0.15) is 29.8 Å². The average molecular weight is 393 g/mol. The van der Waals surface area contributed by atoms with Crippen molar-refractivity contribution < 1.29 is 0 Å². The van der Waals surface area contributed by atoms with Gasteiger partial charge in [-0.3, -0.25) is 9.36 Å². The summed E-state index contributed by atoms with van der Waals surface area (Å²) >= 11 is 0. The van der Waals surface area contributed by atoms with E-state index in [1.54, 1.807) is 4.57 Å². The predicted octanol–water partition coefficient (Wildman–Crippen LogP) is 5.08. The number of allylic oxidation sites excluding steroid dienone is 4. The fourth-order valence-corrected chi connectivity index (χ4v) is 3.99. The van der Waals surface area contributed by atoms with Gasteiger partial charge in [0.2, 0.25) is 0 Å². The van der Waals surface area contributed by atoms with Crippen LogP contribution in [0.4, 0.5) is 0 Å². The number of hydrogen-bond acceptors (Lipinski definition) is 2. The molecule has 0 saturated carbocycles. The molecule has 3 aliphatic rings. The summed E-state index contributed by atoms with van der Waals surface area (Å²) in [6, 6.07) is 20.4. The normalized spacial score (nSPS) is 13.5. The summed E-state index contributed by atoms with van der Waals surface area (Å²) in [7, 11) is 0. The molecule has 4 heteroatoms. The van der Waals surface area contributed by atoms with Gasteiger partial charge >= 0.3 is 0 Å². The van der Waals surface area contributed by atoms with E-state index < -0.39 is 0 Å². The van der Waals surface area contributed by atoms with Gasteiger partial charge in [-0.05, 0) is 24.0 Å². The maximum atomic E-state index is 13.2. The Bertz CT molecular complexity index is 1250. The Balaban J connectivity index is 1.63. The third-order valence-corrected chi connectivity index (χ3v) is 5.55. The summed E-state index contributed by atoms with van der Waals surface area (Å²) in [5.74, 6) is 0.713. The standard InChI is InChI=1S/C26H23N3O/c30-26-23(17-20-12-6-2-7-13-20)28-25-22(16-19-10-4-1-5-11-19)27-24(18-29(25)26)21-14-8-3-9-15-21/h1-6,8-12,14-15,18,27H,7,13,16-17H2. The lowest BCUT2D eigenvalue weighted by Crippen LogP contribution is -2.18. The molecule has 1 aliphatic carbocycles. The molecule has 0 unspecified atom stereocenters. The van der Waals surface area contributed by atoms with Crippen molar-refractivity contribution in [2.24, 2.45) is 0 Å². The molecule has 0 fully saturated rings. The summed E-state index contributed by atoms with van der Waals surface area (Å²) in [6.07, 6.45) is 11.5. The van der Waals surface area contributed by atoms with Crippen LogP contribution >= 0.6 is 0 Å². The smallest absolute Gasteiger partial charge is 0.278 e. The quantitative estimate of drug-likeness (QED) is 0.514. The zero-order chi connectivity index (χ0) is 20.3. The zero-order valence-electron chi connectivity index (χ0n) is 16.7. The maximum absolute atomic E-state index is 13.2. The molecule has 0 spiro atoms. The molecular weight excluding hydrogens is 370 g/mol. The van der Waals surface area contributed by atoms with Crippen molar-refractivity contribution in [3.05, 3.63) is 118 Å². The fourth-order valence-electron chi connectivity index (χ4n) is 3.99. The largest absolute Gasteiger partial charge is 0.354 e. The van der Waals surface area contributed by atoms with Gasteiger partial charge in [0, 0.05) is 19.0 Å². The highest BCUT2D eigenvalue weighted by Gasteiger charge is 2.21. The van der Waals surface area contributed by atoms with Crippen molar-refractivity contribution in [2.45, 2.75) is 25.7 Å². The summed E-state index contributed by atoms with van der Waals surface area (Å²) in [4.78, 5) is 21.6. The number of aromatic amines is 1. The van der Waals surface area contributed by atoms with E-state index in [4.69, 9.17) is 4.98 Å². The Kier molecular flexibility index (Phi) is 4.89. The second-order valence-corrected chi connectivity index (χ2v) is 7.70. The van der Waals surface area contributed by atoms with Crippen LogP contribution in [0, 0.1) is 0 Å². The summed E-state index contributed by atoms with van der Waals surface area (Å²) < 4.78 is 1.71. The van der Waals surface area contributed by atoms with Crippen LogP contribution in [-0.4, -0.2) is 14.5 Å². The minimum Gasteiger partial charge on any atom is -0.354 e. The highest BCUT2D eigenvalue weighted by atomic mass is 16.1. The van der Waals surface area contributed by atoms with Crippen LogP contribution < -0.4 is 5.56 Å². The lowest BCUT2D eigenvalue weighted by Gasteiger charge is -2.13. The number of aromatic nitrogens is 3. The highest BCUT2D eigenvalue weighted by molar-refractivity contribution is 5.60. The van der Waals surface area contributed by atoms with Gasteiger partial charge in [0.25, 0.3) is 5.56 Å². The van der Waals surface area contributed by atoms with E-state index in [0.717, 1.165) is 29.8 Å². The van der Waals surface area contributed by atoms with Gasteiger partial charge in [0.1, 0.15) is 5.69 Å². The van der Waals surface area contributed by atoms with Crippen LogP contribution in [0.3, 0.4) is 0 Å². The van der Waals surface area contributed by atoms with Gasteiger partial charge in [-0.25, -0.2) is 4.98 Å². The SMILES string of the molecule is O=c1c(CC2=CC=CCC2)nc2c(Cc3ccccc3)[nH]c(-c3ccccc3)cn1-2. The van der Waals surface area contributed by atoms with Crippen molar-refractivity contribution in [1.29, 1.82) is 0 Å². The van der Waals surface area contributed by atoms with Gasteiger partial charge in [-0.15, -0.1) is 0 Å². The molecule has 0 aromatic heterocycles. The zero-order valence-corrected chi connectivity index (χ0v) is 16.7. The van der Waals surface area contributed by atoms with Crippen molar-refractivity contribution in [3.8, 4) is 17.1 Å². The molecule has 0 radical (unpaired) electrons. The Morgan fingerprint density at radius 1 is 0.967 bits per heavy atom. The molecule has 0 saturated heterocycles. The lowest BCUT2D eigenvalue weighted by molar-refractivity contribution is 0.893. The number of nitrogens with one attached hydrogen (secondary N) is 1. The summed E-state index contributed by atoms with van der Waals surface area (Å²) in [5.41, 5.74) is 5.93. The molecule has 2 aliphatic heterocycles. The van der Waals surface area contributed by atoms with Crippen molar-refractivity contribution in [1.82, 2.24) is 14.5 Å². The van der Waals surface area contributed by atoms with E-state index in [2.05, 4.69) is 35.3 Å². The molecule has 2 heterocycles. The van der Waals surface area contributed by atoms with E-state index >= 15 is 0 Å². The number of rotatable bonds is 5. The number of hydrogen-bond donors (Lipinski definition) is 1. The van der Waals surface area contributed by atoms with E-state index in [1.165, 1.54) is 11.1 Å². The number of benzene rings is 2. The topological polar surface area (TPSA) is 50.7 Å². The van der Waals surface area contributed by atoms with Gasteiger partial charge in [0.15, 0.2) is 5.82 Å². The van der Waals surface area contributed by atoms with Gasteiger partial charge in [-0.1, -0.05) is 84.5 Å². The molecule has 0 amide bonds. The van der Waals surface area contributed by atoms with Gasteiger partial charge < -0.3 is 4.98 Å². The minimum absolute atomic E-state index is 0.0269. The minimum atomic E-state index is -0.0269. The van der Waals surface area contributed by atoms with Crippen LogP contribution in [0.5, 0.6) is 0 Å². The van der Waals surface area contributed by atoms with Crippen molar-refractivity contribution >= 4 is 0 Å². The van der Waals surface area contributed by atoms with Crippen LogP contribution in [0.25, 0.3) is 17.1 Å². The number of fused-ring (bicyclic) bond motifs is 1.